The van der Waals surface area contributed by atoms with E-state index < -0.39 is 0 Å². The third kappa shape index (κ3) is 5.05. The lowest BCUT2D eigenvalue weighted by molar-refractivity contribution is -0.134. The molecule has 1 saturated heterocycles. The highest BCUT2D eigenvalue weighted by Crippen LogP contribution is 2.18. The Balaban J connectivity index is 1.89. The number of carbonyl (C=O) groups excluding carboxylic acids is 2. The van der Waals surface area contributed by atoms with Gasteiger partial charge in [0, 0.05) is 39.6 Å². The molecule has 0 spiro atoms. The molecule has 1 fully saturated rings. The summed E-state index contributed by atoms with van der Waals surface area (Å²) in [6.07, 6.45) is 0.889. The summed E-state index contributed by atoms with van der Waals surface area (Å²) in [4.78, 5) is 27.9. The van der Waals surface area contributed by atoms with E-state index in [9.17, 15) is 9.59 Å². The fraction of sp³-hybridized carbons (Fsp3) is 0.600. The molecule has 1 heterocycles. The van der Waals surface area contributed by atoms with Crippen molar-refractivity contribution in [3.63, 3.8) is 0 Å². The maximum Gasteiger partial charge on any atom is 0.239 e. The first-order chi connectivity index (χ1) is 11.8. The zero-order valence-corrected chi connectivity index (χ0v) is 16.1. The second-order valence-corrected chi connectivity index (χ2v) is 7.35. The molecular weight excluding hydrogens is 314 g/mol. The first kappa shape index (κ1) is 19.4. The maximum atomic E-state index is 12.7. The standard InChI is InChI=1S/C20H31N3O2/c1-14-8-6-7-9-18(14)13-22(5)20(25)16(3)21-19-10-11-23(17(4)24)12-15(19)2/h6-9,15-16,19,21H,10-13H2,1-5H3. The van der Waals surface area contributed by atoms with Crippen LogP contribution in [0, 0.1) is 12.8 Å². The number of nitrogens with one attached hydrogen (secondary N) is 1. The van der Waals surface area contributed by atoms with Gasteiger partial charge in [0.05, 0.1) is 6.04 Å². The molecule has 1 aromatic rings. The van der Waals surface area contributed by atoms with Gasteiger partial charge in [-0.2, -0.15) is 0 Å². The summed E-state index contributed by atoms with van der Waals surface area (Å²) >= 11 is 0. The molecule has 25 heavy (non-hydrogen) atoms. The second-order valence-electron chi connectivity index (χ2n) is 7.35. The van der Waals surface area contributed by atoms with Gasteiger partial charge in [0.1, 0.15) is 0 Å². The van der Waals surface area contributed by atoms with E-state index in [0.717, 1.165) is 19.5 Å². The number of hydrogen-bond donors (Lipinski definition) is 1. The van der Waals surface area contributed by atoms with Crippen LogP contribution in [0.5, 0.6) is 0 Å². The quantitative estimate of drug-likeness (QED) is 0.890. The van der Waals surface area contributed by atoms with Gasteiger partial charge >= 0.3 is 0 Å². The van der Waals surface area contributed by atoms with Crippen LogP contribution >= 0.6 is 0 Å². The lowest BCUT2D eigenvalue weighted by atomic mass is 9.93. The maximum absolute atomic E-state index is 12.7. The van der Waals surface area contributed by atoms with Crippen molar-refractivity contribution in [2.75, 3.05) is 20.1 Å². The SMILES string of the molecule is CC(=O)N1CCC(NC(C)C(=O)N(C)Cc2ccccc2C)C(C)C1. The topological polar surface area (TPSA) is 52.7 Å². The monoisotopic (exact) mass is 345 g/mol. The molecule has 138 valence electrons. The van der Waals surface area contributed by atoms with Crippen molar-refractivity contribution in [3.8, 4) is 0 Å². The van der Waals surface area contributed by atoms with Gasteiger partial charge in [0.25, 0.3) is 0 Å². The molecule has 1 aliphatic rings. The van der Waals surface area contributed by atoms with Crippen molar-refractivity contribution in [1.29, 1.82) is 0 Å². The Morgan fingerprint density at radius 1 is 1.36 bits per heavy atom. The lowest BCUT2D eigenvalue weighted by Crippen LogP contribution is -2.54. The van der Waals surface area contributed by atoms with E-state index >= 15 is 0 Å². The molecule has 5 nitrogen and oxygen atoms in total. The molecule has 5 heteroatoms. The number of nitrogens with zero attached hydrogens (tertiary/aromatic N) is 2. The van der Waals surface area contributed by atoms with E-state index in [1.807, 2.05) is 31.0 Å². The molecular formula is C20H31N3O2. The highest BCUT2D eigenvalue weighted by molar-refractivity contribution is 5.81. The van der Waals surface area contributed by atoms with Gasteiger partial charge in [0.15, 0.2) is 0 Å². The van der Waals surface area contributed by atoms with Crippen molar-refractivity contribution >= 4 is 11.8 Å². The minimum atomic E-state index is -0.231. The molecule has 0 bridgehead atoms. The van der Waals surface area contributed by atoms with Gasteiger partial charge in [-0.25, -0.2) is 0 Å². The molecule has 1 aromatic carbocycles. The average molecular weight is 345 g/mol. The molecule has 1 aliphatic heterocycles. The fourth-order valence-electron chi connectivity index (χ4n) is 3.52. The highest BCUT2D eigenvalue weighted by atomic mass is 16.2. The Morgan fingerprint density at radius 2 is 2.04 bits per heavy atom. The van der Waals surface area contributed by atoms with Crippen LogP contribution in [0.2, 0.25) is 0 Å². The number of hydrogen-bond acceptors (Lipinski definition) is 3. The van der Waals surface area contributed by atoms with Gasteiger partial charge < -0.3 is 15.1 Å². The van der Waals surface area contributed by atoms with E-state index in [1.54, 1.807) is 11.8 Å². The first-order valence-corrected chi connectivity index (χ1v) is 9.10. The van der Waals surface area contributed by atoms with Crippen molar-refractivity contribution in [2.24, 2.45) is 5.92 Å². The zero-order chi connectivity index (χ0) is 18.6. The summed E-state index contributed by atoms with van der Waals surface area (Å²) in [5.41, 5.74) is 2.38. The molecule has 0 saturated carbocycles. The number of rotatable bonds is 5. The smallest absolute Gasteiger partial charge is 0.239 e. The van der Waals surface area contributed by atoms with Crippen LogP contribution in [-0.4, -0.2) is 53.8 Å². The largest absolute Gasteiger partial charge is 0.343 e. The van der Waals surface area contributed by atoms with E-state index in [-0.39, 0.29) is 23.9 Å². The minimum Gasteiger partial charge on any atom is -0.343 e. The van der Waals surface area contributed by atoms with Crippen LogP contribution < -0.4 is 5.32 Å². The van der Waals surface area contributed by atoms with Gasteiger partial charge in [-0.3, -0.25) is 9.59 Å². The molecule has 3 atom stereocenters. The molecule has 2 rings (SSSR count). The first-order valence-electron chi connectivity index (χ1n) is 9.10. The van der Waals surface area contributed by atoms with Crippen LogP contribution in [0.3, 0.4) is 0 Å². The molecule has 0 radical (unpaired) electrons. The second kappa shape index (κ2) is 8.48. The number of aryl methyl sites for hydroxylation is 1. The number of carbonyl (C=O) groups is 2. The van der Waals surface area contributed by atoms with E-state index in [0.29, 0.717) is 12.5 Å². The van der Waals surface area contributed by atoms with E-state index in [4.69, 9.17) is 0 Å². The molecule has 1 N–H and O–H groups in total. The Labute approximate surface area is 151 Å². The summed E-state index contributed by atoms with van der Waals surface area (Å²) in [5.74, 6) is 0.575. The number of likely N-dealkylation sites (N-methyl/N-ethyl adjacent to an activating group) is 1. The molecule has 3 unspecified atom stereocenters. The number of benzene rings is 1. The predicted octanol–water partition coefficient (Wildman–Crippen LogP) is 2.19. The molecule has 0 aromatic heterocycles. The third-order valence-corrected chi connectivity index (χ3v) is 5.23. The minimum absolute atomic E-state index is 0.101. The van der Waals surface area contributed by atoms with Crippen molar-refractivity contribution < 1.29 is 9.59 Å². The average Bonchev–Trinajstić information content (AvgIpc) is 2.57. The summed E-state index contributed by atoms with van der Waals surface area (Å²) in [5, 5.41) is 3.48. The number of amides is 2. The van der Waals surface area contributed by atoms with Gasteiger partial charge in [-0.15, -0.1) is 0 Å². The Kier molecular flexibility index (Phi) is 6.59. The van der Waals surface area contributed by atoms with Crippen LogP contribution in [0.1, 0.15) is 38.3 Å². The highest BCUT2D eigenvalue weighted by Gasteiger charge is 2.30. The predicted molar refractivity (Wildman–Crippen MR) is 100 cm³/mol. The summed E-state index contributed by atoms with van der Waals surface area (Å²) in [7, 11) is 1.86. The van der Waals surface area contributed by atoms with Crippen molar-refractivity contribution in [3.05, 3.63) is 35.4 Å². The fourth-order valence-corrected chi connectivity index (χ4v) is 3.52. The van der Waals surface area contributed by atoms with Crippen LogP contribution in [0.4, 0.5) is 0 Å². The summed E-state index contributed by atoms with van der Waals surface area (Å²) in [6, 6.07) is 8.19. The van der Waals surface area contributed by atoms with Crippen molar-refractivity contribution in [1.82, 2.24) is 15.1 Å². The van der Waals surface area contributed by atoms with Gasteiger partial charge in [0.2, 0.25) is 11.8 Å². The molecule has 0 aliphatic carbocycles. The third-order valence-electron chi connectivity index (χ3n) is 5.23. The van der Waals surface area contributed by atoms with Gasteiger partial charge in [-0.05, 0) is 37.3 Å². The number of likely N-dealkylation sites (tertiary alicyclic amines) is 1. The van der Waals surface area contributed by atoms with E-state index in [2.05, 4.69) is 31.3 Å². The van der Waals surface area contributed by atoms with Gasteiger partial charge in [-0.1, -0.05) is 31.2 Å². The van der Waals surface area contributed by atoms with Crippen LogP contribution in [-0.2, 0) is 16.1 Å². The van der Waals surface area contributed by atoms with Crippen LogP contribution in [0.25, 0.3) is 0 Å². The normalized spacial score (nSPS) is 21.7. The van der Waals surface area contributed by atoms with Crippen LogP contribution in [0.15, 0.2) is 24.3 Å². The Hall–Kier alpha value is -1.88. The zero-order valence-electron chi connectivity index (χ0n) is 16.1. The molecule has 2 amide bonds. The Bertz CT molecular complexity index is 617. The summed E-state index contributed by atoms with van der Waals surface area (Å²) in [6.45, 7) is 9.90. The number of piperidine rings is 1. The Morgan fingerprint density at radius 3 is 2.64 bits per heavy atom. The van der Waals surface area contributed by atoms with E-state index in [1.165, 1.54) is 11.1 Å². The van der Waals surface area contributed by atoms with Crippen molar-refractivity contribution in [2.45, 2.75) is 52.7 Å². The summed E-state index contributed by atoms with van der Waals surface area (Å²) < 4.78 is 0. The lowest BCUT2D eigenvalue weighted by Gasteiger charge is -2.38.